The average molecular weight is 316 g/mol. The Morgan fingerprint density at radius 3 is 2.22 bits per heavy atom. The van der Waals surface area contributed by atoms with Gasteiger partial charge in [-0.25, -0.2) is 0 Å². The fourth-order valence-electron chi connectivity index (χ4n) is 1.90. The molecular formula is C21H32O2. The molecule has 1 aliphatic rings. The van der Waals surface area contributed by atoms with E-state index < -0.39 is 0 Å². The molecule has 23 heavy (non-hydrogen) atoms. The van der Waals surface area contributed by atoms with Crippen LogP contribution in [0.15, 0.2) is 48.4 Å². The van der Waals surface area contributed by atoms with Gasteiger partial charge in [0, 0.05) is 0 Å². The number of ether oxygens (including phenoxy) is 2. The largest absolute Gasteiger partial charge is 0.486 e. The van der Waals surface area contributed by atoms with Gasteiger partial charge in [-0.2, -0.15) is 0 Å². The zero-order valence-corrected chi connectivity index (χ0v) is 15.6. The summed E-state index contributed by atoms with van der Waals surface area (Å²) in [5.74, 6) is 1.84. The Labute approximate surface area is 141 Å². The summed E-state index contributed by atoms with van der Waals surface area (Å²) in [5.41, 5.74) is 0. The first-order valence-electron chi connectivity index (χ1n) is 8.53. The van der Waals surface area contributed by atoms with Gasteiger partial charge in [0.15, 0.2) is 11.5 Å². The summed E-state index contributed by atoms with van der Waals surface area (Å²) in [5, 5.41) is 2.00. The van der Waals surface area contributed by atoms with Gasteiger partial charge in [-0.3, -0.25) is 0 Å². The molecule has 1 aromatic carbocycles. The highest BCUT2D eigenvalue weighted by Crippen LogP contribution is 2.23. The van der Waals surface area contributed by atoms with Crippen molar-refractivity contribution >= 4 is 12.7 Å². The highest BCUT2D eigenvalue weighted by molar-refractivity contribution is 5.47. The zero-order valence-electron chi connectivity index (χ0n) is 15.6. The van der Waals surface area contributed by atoms with Crippen molar-refractivity contribution in [2.24, 2.45) is 5.92 Å². The van der Waals surface area contributed by atoms with Crippen molar-refractivity contribution < 1.29 is 9.47 Å². The van der Waals surface area contributed by atoms with Crippen LogP contribution in [0.25, 0.3) is 12.7 Å². The maximum atomic E-state index is 5.91. The normalized spacial score (nSPS) is 17.2. The van der Waals surface area contributed by atoms with Crippen molar-refractivity contribution in [3.63, 3.8) is 0 Å². The number of benzene rings is 1. The predicted octanol–water partition coefficient (Wildman–Crippen LogP) is 4.40. The van der Waals surface area contributed by atoms with Gasteiger partial charge >= 0.3 is 0 Å². The van der Waals surface area contributed by atoms with Crippen LogP contribution in [0.1, 0.15) is 41.5 Å². The predicted molar refractivity (Wildman–Crippen MR) is 101 cm³/mol. The molecule has 1 heterocycles. The van der Waals surface area contributed by atoms with Crippen molar-refractivity contribution in [1.82, 2.24) is 0 Å². The smallest absolute Gasteiger partial charge is 0.161 e. The molecule has 0 saturated carbocycles. The second-order valence-corrected chi connectivity index (χ2v) is 4.99. The molecule has 2 heteroatoms. The van der Waals surface area contributed by atoms with Crippen molar-refractivity contribution in [2.45, 2.75) is 47.6 Å². The fraction of sp³-hybridized carbons (Fsp3) is 0.429. The first-order chi connectivity index (χ1) is 11.1. The monoisotopic (exact) mass is 316 g/mol. The van der Waals surface area contributed by atoms with Gasteiger partial charge in [0.25, 0.3) is 0 Å². The van der Waals surface area contributed by atoms with E-state index in [0.717, 1.165) is 16.2 Å². The highest BCUT2D eigenvalue weighted by atomic mass is 16.6. The molecule has 0 aromatic heterocycles. The molecule has 0 radical (unpaired) electrons. The summed E-state index contributed by atoms with van der Waals surface area (Å²) in [6.45, 7) is 20.6. The molecular weight excluding hydrogens is 284 g/mol. The van der Waals surface area contributed by atoms with E-state index >= 15 is 0 Å². The first kappa shape index (κ1) is 21.0. The minimum atomic E-state index is 0.0835. The molecule has 2 nitrogen and oxygen atoms in total. The van der Waals surface area contributed by atoms with E-state index in [2.05, 4.69) is 27.0 Å². The molecule has 0 fully saturated rings. The van der Waals surface area contributed by atoms with E-state index in [1.54, 1.807) is 6.08 Å². The molecule has 2 rings (SSSR count). The standard InChI is InChI=1S/C17H20O2.2C2H6/c1-5-15-16(18-11-17(19-15)12(2)3)10-14-9-7-6-8-13(14)4;2*1-2/h5-10,12,17H,1,4,11H2,2-3H3;2*1-2H3/b14-10-;;. The van der Waals surface area contributed by atoms with Gasteiger partial charge in [0.2, 0.25) is 0 Å². The van der Waals surface area contributed by atoms with Crippen LogP contribution >= 0.6 is 0 Å². The Morgan fingerprint density at radius 1 is 1.09 bits per heavy atom. The van der Waals surface area contributed by atoms with E-state index in [4.69, 9.17) is 9.47 Å². The van der Waals surface area contributed by atoms with Crippen molar-refractivity contribution in [1.29, 1.82) is 0 Å². The molecule has 1 unspecified atom stereocenters. The molecule has 128 valence electrons. The third kappa shape index (κ3) is 6.35. The molecule has 0 spiro atoms. The second-order valence-electron chi connectivity index (χ2n) is 4.99. The Balaban J connectivity index is 0.00000112. The molecule has 0 bridgehead atoms. The number of rotatable bonds is 3. The van der Waals surface area contributed by atoms with Gasteiger partial charge in [-0.1, -0.05) is 79.0 Å². The van der Waals surface area contributed by atoms with E-state index in [1.807, 2.05) is 58.0 Å². The van der Waals surface area contributed by atoms with Gasteiger partial charge in [0.05, 0.1) is 0 Å². The van der Waals surface area contributed by atoms with Crippen LogP contribution in [0.3, 0.4) is 0 Å². The van der Waals surface area contributed by atoms with Gasteiger partial charge in [-0.15, -0.1) is 0 Å². The topological polar surface area (TPSA) is 18.5 Å². The van der Waals surface area contributed by atoms with Gasteiger partial charge in [0.1, 0.15) is 12.7 Å². The Hall–Kier alpha value is -1.96. The second kappa shape index (κ2) is 11.6. The first-order valence-corrected chi connectivity index (χ1v) is 8.53. The minimum absolute atomic E-state index is 0.0835. The molecule has 1 atom stereocenters. The van der Waals surface area contributed by atoms with Crippen LogP contribution in [0.5, 0.6) is 0 Å². The van der Waals surface area contributed by atoms with Crippen molar-refractivity contribution in [2.75, 3.05) is 6.61 Å². The van der Waals surface area contributed by atoms with Gasteiger partial charge < -0.3 is 9.47 Å². The lowest BCUT2D eigenvalue weighted by atomic mass is 10.1. The summed E-state index contributed by atoms with van der Waals surface area (Å²) in [4.78, 5) is 0. The van der Waals surface area contributed by atoms with E-state index in [-0.39, 0.29) is 6.10 Å². The summed E-state index contributed by atoms with van der Waals surface area (Å²) < 4.78 is 11.7. The lowest BCUT2D eigenvalue weighted by molar-refractivity contribution is -0.0146. The quantitative estimate of drug-likeness (QED) is 0.823. The van der Waals surface area contributed by atoms with Gasteiger partial charge in [-0.05, 0) is 28.5 Å². The lowest BCUT2D eigenvalue weighted by Crippen LogP contribution is -2.30. The Bertz CT molecular complexity index is 597. The Kier molecular flexibility index (Phi) is 10.6. The van der Waals surface area contributed by atoms with Crippen LogP contribution in [0.2, 0.25) is 0 Å². The number of hydrogen-bond donors (Lipinski definition) is 0. The van der Waals surface area contributed by atoms with Crippen molar-refractivity contribution in [3.05, 3.63) is 58.9 Å². The molecule has 0 saturated heterocycles. The number of allylic oxidation sites excluding steroid dienone is 2. The van der Waals surface area contributed by atoms with Crippen LogP contribution in [0.4, 0.5) is 0 Å². The third-order valence-corrected chi connectivity index (χ3v) is 3.19. The molecule has 0 N–H and O–H groups in total. The van der Waals surface area contributed by atoms with Crippen molar-refractivity contribution in [3.8, 4) is 0 Å². The molecule has 0 amide bonds. The summed E-state index contributed by atoms with van der Waals surface area (Å²) >= 11 is 0. The molecule has 1 aliphatic heterocycles. The average Bonchev–Trinajstić information content (AvgIpc) is 2.60. The number of hydrogen-bond acceptors (Lipinski definition) is 2. The highest BCUT2D eigenvalue weighted by Gasteiger charge is 2.23. The zero-order chi connectivity index (χ0) is 17.8. The van der Waals surface area contributed by atoms with Crippen LogP contribution in [-0.4, -0.2) is 12.7 Å². The summed E-state index contributed by atoms with van der Waals surface area (Å²) in [6.07, 6.45) is 3.74. The fourth-order valence-corrected chi connectivity index (χ4v) is 1.90. The molecule has 1 aromatic rings. The van der Waals surface area contributed by atoms with E-state index in [0.29, 0.717) is 18.3 Å². The minimum Gasteiger partial charge on any atom is -0.486 e. The van der Waals surface area contributed by atoms with E-state index in [1.165, 1.54) is 0 Å². The maximum absolute atomic E-state index is 5.91. The van der Waals surface area contributed by atoms with E-state index in [9.17, 15) is 0 Å². The Morgan fingerprint density at radius 2 is 1.70 bits per heavy atom. The molecule has 0 aliphatic carbocycles. The van der Waals surface area contributed by atoms with Crippen LogP contribution < -0.4 is 10.4 Å². The summed E-state index contributed by atoms with van der Waals surface area (Å²) in [6, 6.07) is 7.93. The van der Waals surface area contributed by atoms with Crippen LogP contribution in [-0.2, 0) is 9.47 Å². The summed E-state index contributed by atoms with van der Waals surface area (Å²) in [7, 11) is 0. The SMILES string of the molecule is C=CC1=C(/C=c2/ccccc2=C)OCC(C(C)C)O1.CC.CC. The maximum Gasteiger partial charge on any atom is 0.161 e. The lowest BCUT2D eigenvalue weighted by Gasteiger charge is -2.29. The third-order valence-electron chi connectivity index (χ3n) is 3.19. The van der Waals surface area contributed by atoms with Crippen LogP contribution in [0, 0.1) is 5.92 Å².